The summed E-state index contributed by atoms with van der Waals surface area (Å²) in [7, 11) is 0. The molecule has 3 aromatic heterocycles. The highest BCUT2D eigenvalue weighted by Gasteiger charge is 2.33. The number of carbonyl (C=O) groups is 2. The van der Waals surface area contributed by atoms with E-state index in [0.717, 1.165) is 32.2 Å². The van der Waals surface area contributed by atoms with Gasteiger partial charge in [0, 0.05) is 41.3 Å². The Morgan fingerprint density at radius 1 is 1.10 bits per heavy atom. The van der Waals surface area contributed by atoms with E-state index in [9.17, 15) is 9.59 Å². The molecule has 0 saturated heterocycles. The molecule has 1 aliphatic carbocycles. The Morgan fingerprint density at radius 3 is 2.69 bits per heavy atom. The number of allylic oxidation sites excluding steroid dienone is 1. The number of Topliss-reactive ketones (excluding diaryl/α,β-unsaturated/α-hetero) is 2. The monoisotopic (exact) mass is 399 g/mol. The average molecular weight is 399 g/mol. The second-order valence-electron chi connectivity index (χ2n) is 7.03. The van der Waals surface area contributed by atoms with Crippen LogP contribution in [-0.2, 0) is 6.54 Å². The smallest absolute Gasteiger partial charge is 0.197 e. The molecule has 5 nitrogen and oxygen atoms in total. The lowest BCUT2D eigenvalue weighted by atomic mass is 10.1. The van der Waals surface area contributed by atoms with Crippen molar-refractivity contribution in [1.29, 1.82) is 0 Å². The zero-order valence-electron chi connectivity index (χ0n) is 16.0. The van der Waals surface area contributed by atoms with Crippen LogP contribution in [0.25, 0.3) is 27.0 Å². The third-order valence-corrected chi connectivity index (χ3v) is 6.19. The molecule has 0 bridgehead atoms. The molecule has 0 atom stereocenters. The van der Waals surface area contributed by atoms with Crippen molar-refractivity contribution in [3.05, 3.63) is 76.7 Å². The minimum absolute atomic E-state index is 0.204. The summed E-state index contributed by atoms with van der Waals surface area (Å²) >= 11 is 1.58. The molecule has 6 heteroatoms. The van der Waals surface area contributed by atoms with E-state index in [1.807, 2.05) is 42.7 Å². The van der Waals surface area contributed by atoms with E-state index in [1.54, 1.807) is 41.9 Å². The Hall–Kier alpha value is -3.38. The summed E-state index contributed by atoms with van der Waals surface area (Å²) in [5, 5.41) is 0.903. The van der Waals surface area contributed by atoms with Gasteiger partial charge in [0.25, 0.3) is 0 Å². The number of benzene rings is 1. The third kappa shape index (κ3) is 2.76. The Labute approximate surface area is 171 Å². The highest BCUT2D eigenvalue weighted by molar-refractivity contribution is 7.21. The van der Waals surface area contributed by atoms with Crippen LogP contribution < -0.4 is 0 Å². The third-order valence-electron chi connectivity index (χ3n) is 5.15. The van der Waals surface area contributed by atoms with Crippen LogP contribution in [-0.4, -0.2) is 26.1 Å². The number of hydrogen-bond donors (Lipinski definition) is 0. The van der Waals surface area contributed by atoms with E-state index in [4.69, 9.17) is 4.98 Å². The summed E-state index contributed by atoms with van der Waals surface area (Å²) in [6.45, 7) is 4.63. The topological polar surface area (TPSA) is 64.8 Å². The first kappa shape index (κ1) is 17.7. The Bertz CT molecular complexity index is 1330. The summed E-state index contributed by atoms with van der Waals surface area (Å²) in [5.41, 5.74) is 4.82. The van der Waals surface area contributed by atoms with Crippen LogP contribution in [0.2, 0.25) is 0 Å². The number of hydrogen-bond acceptors (Lipinski definition) is 5. The van der Waals surface area contributed by atoms with Gasteiger partial charge in [-0.15, -0.1) is 11.3 Å². The standard InChI is InChI=1S/C23H17N3O2S/c1-3-26-15(10-18-20(27)16-7-6-13(2)9-17(16)21(18)28)11-19-22(26)25-23(29-19)14-5-4-8-24-12-14/h4-12H,3H2,1-2H3/b18-10-. The van der Waals surface area contributed by atoms with Gasteiger partial charge in [0.2, 0.25) is 0 Å². The maximum atomic E-state index is 12.8. The largest absolute Gasteiger partial charge is 0.325 e. The van der Waals surface area contributed by atoms with Crippen molar-refractivity contribution < 1.29 is 9.59 Å². The number of carbonyl (C=O) groups excluding carboxylic acids is 2. The highest BCUT2D eigenvalue weighted by atomic mass is 32.1. The van der Waals surface area contributed by atoms with E-state index in [1.165, 1.54) is 0 Å². The lowest BCUT2D eigenvalue weighted by molar-refractivity contribution is 0.0990. The van der Waals surface area contributed by atoms with Gasteiger partial charge in [0.05, 0.1) is 10.3 Å². The van der Waals surface area contributed by atoms with Crippen LogP contribution in [0, 0.1) is 6.92 Å². The Morgan fingerprint density at radius 2 is 1.93 bits per heavy atom. The number of rotatable bonds is 3. The van der Waals surface area contributed by atoms with Crippen molar-refractivity contribution in [3.63, 3.8) is 0 Å². The molecule has 5 rings (SSSR count). The molecule has 0 fully saturated rings. The molecule has 0 spiro atoms. The van der Waals surface area contributed by atoms with Crippen LogP contribution in [0.5, 0.6) is 0 Å². The lowest BCUT2D eigenvalue weighted by Gasteiger charge is -2.03. The molecule has 1 aliphatic rings. The molecular formula is C23H17N3O2S. The first-order chi connectivity index (χ1) is 14.1. The second kappa shape index (κ2) is 6.60. The van der Waals surface area contributed by atoms with E-state index in [2.05, 4.69) is 4.98 Å². The van der Waals surface area contributed by atoms with Gasteiger partial charge in [-0.3, -0.25) is 14.6 Å². The normalized spacial score (nSPS) is 14.9. The number of nitrogens with zero attached hydrogens (tertiary/aromatic N) is 3. The SMILES string of the molecule is CCn1c(/C=C2/C(=O)c3ccc(C)cc3C2=O)cc2sc(-c3cccnc3)nc21. The maximum Gasteiger partial charge on any atom is 0.197 e. The molecule has 4 aromatic rings. The van der Waals surface area contributed by atoms with Crippen molar-refractivity contribution >= 4 is 39.3 Å². The fourth-order valence-electron chi connectivity index (χ4n) is 3.73. The van der Waals surface area contributed by atoms with Crippen molar-refractivity contribution in [2.24, 2.45) is 0 Å². The van der Waals surface area contributed by atoms with Crippen LogP contribution >= 0.6 is 11.3 Å². The minimum atomic E-state index is -0.207. The lowest BCUT2D eigenvalue weighted by Crippen LogP contribution is -2.03. The average Bonchev–Trinajstić information content (AvgIpc) is 3.35. The van der Waals surface area contributed by atoms with Crippen molar-refractivity contribution in [2.45, 2.75) is 20.4 Å². The predicted octanol–water partition coefficient (Wildman–Crippen LogP) is 4.95. The summed E-state index contributed by atoms with van der Waals surface area (Å²) in [6.07, 6.45) is 5.25. The number of ketones is 2. The van der Waals surface area contributed by atoms with Crippen LogP contribution in [0.1, 0.15) is 38.9 Å². The van der Waals surface area contributed by atoms with Crippen LogP contribution in [0.15, 0.2) is 54.4 Å². The van der Waals surface area contributed by atoms with Gasteiger partial charge in [-0.2, -0.15) is 0 Å². The fourth-order valence-corrected chi connectivity index (χ4v) is 4.73. The second-order valence-corrected chi connectivity index (χ2v) is 8.06. The van der Waals surface area contributed by atoms with Gasteiger partial charge in [0.1, 0.15) is 5.01 Å². The zero-order chi connectivity index (χ0) is 20.1. The van der Waals surface area contributed by atoms with Gasteiger partial charge >= 0.3 is 0 Å². The molecule has 142 valence electrons. The van der Waals surface area contributed by atoms with E-state index >= 15 is 0 Å². The molecule has 1 aromatic carbocycles. The summed E-state index contributed by atoms with van der Waals surface area (Å²) < 4.78 is 3.05. The van der Waals surface area contributed by atoms with E-state index in [-0.39, 0.29) is 17.1 Å². The Balaban J connectivity index is 1.60. The highest BCUT2D eigenvalue weighted by Crippen LogP contribution is 2.34. The molecular weight excluding hydrogens is 382 g/mol. The predicted molar refractivity (Wildman–Crippen MR) is 114 cm³/mol. The molecule has 0 radical (unpaired) electrons. The minimum Gasteiger partial charge on any atom is -0.325 e. The molecule has 29 heavy (non-hydrogen) atoms. The summed E-state index contributed by atoms with van der Waals surface area (Å²) in [4.78, 5) is 34.6. The fraction of sp³-hybridized carbons (Fsp3) is 0.130. The Kier molecular flexibility index (Phi) is 4.03. The quantitative estimate of drug-likeness (QED) is 0.361. The number of fused-ring (bicyclic) bond motifs is 2. The van der Waals surface area contributed by atoms with Crippen molar-refractivity contribution in [1.82, 2.24) is 14.5 Å². The first-order valence-corrected chi connectivity index (χ1v) is 10.2. The summed E-state index contributed by atoms with van der Waals surface area (Å²) in [6, 6.07) is 11.3. The van der Waals surface area contributed by atoms with Crippen LogP contribution in [0.3, 0.4) is 0 Å². The molecule has 0 amide bonds. The summed E-state index contributed by atoms with van der Waals surface area (Å²) in [5.74, 6) is -0.411. The van der Waals surface area contributed by atoms with E-state index in [0.29, 0.717) is 17.7 Å². The molecule has 0 aliphatic heterocycles. The zero-order valence-corrected chi connectivity index (χ0v) is 16.8. The van der Waals surface area contributed by atoms with Gasteiger partial charge in [-0.05, 0) is 44.2 Å². The maximum absolute atomic E-state index is 12.8. The van der Waals surface area contributed by atoms with Crippen LogP contribution in [0.4, 0.5) is 0 Å². The number of aromatic nitrogens is 3. The number of aryl methyl sites for hydroxylation is 2. The van der Waals surface area contributed by atoms with E-state index < -0.39 is 0 Å². The molecule has 0 saturated carbocycles. The van der Waals surface area contributed by atoms with Crippen molar-refractivity contribution in [3.8, 4) is 10.6 Å². The van der Waals surface area contributed by atoms with Gasteiger partial charge in [-0.1, -0.05) is 17.7 Å². The van der Waals surface area contributed by atoms with Gasteiger partial charge < -0.3 is 4.57 Å². The first-order valence-electron chi connectivity index (χ1n) is 9.39. The number of thiazole rings is 1. The molecule has 0 N–H and O–H groups in total. The molecule has 3 heterocycles. The molecule has 0 unspecified atom stereocenters. The van der Waals surface area contributed by atoms with Gasteiger partial charge in [-0.25, -0.2) is 4.98 Å². The van der Waals surface area contributed by atoms with Crippen molar-refractivity contribution in [2.75, 3.05) is 0 Å². The number of pyridine rings is 1. The van der Waals surface area contributed by atoms with Gasteiger partial charge in [0.15, 0.2) is 17.2 Å².